The molecular formula is C16H32N2O. The van der Waals surface area contributed by atoms with Crippen LogP contribution in [0.3, 0.4) is 0 Å². The molecule has 0 spiro atoms. The lowest BCUT2D eigenvalue weighted by molar-refractivity contribution is -0.00125. The summed E-state index contributed by atoms with van der Waals surface area (Å²) in [4.78, 5) is 2.73. The Labute approximate surface area is 119 Å². The third kappa shape index (κ3) is 3.93. The van der Waals surface area contributed by atoms with E-state index in [1.165, 1.54) is 45.2 Å². The number of nitrogens with zero attached hydrogens (tertiary/aromatic N) is 1. The molecule has 1 aliphatic heterocycles. The van der Waals surface area contributed by atoms with Crippen molar-refractivity contribution in [2.75, 3.05) is 26.7 Å². The van der Waals surface area contributed by atoms with Gasteiger partial charge < -0.3 is 10.1 Å². The highest BCUT2D eigenvalue weighted by Crippen LogP contribution is 2.38. The second-order valence-corrected chi connectivity index (χ2v) is 7.11. The van der Waals surface area contributed by atoms with Crippen LogP contribution in [0.2, 0.25) is 0 Å². The van der Waals surface area contributed by atoms with Crippen LogP contribution in [0.4, 0.5) is 0 Å². The van der Waals surface area contributed by atoms with Crippen LogP contribution in [0.1, 0.15) is 52.9 Å². The van der Waals surface area contributed by atoms with Crippen molar-refractivity contribution < 1.29 is 4.74 Å². The Morgan fingerprint density at radius 1 is 1.21 bits per heavy atom. The van der Waals surface area contributed by atoms with E-state index in [4.69, 9.17) is 4.74 Å². The first kappa shape index (κ1) is 15.3. The lowest BCUT2D eigenvalue weighted by atomic mass is 9.72. The van der Waals surface area contributed by atoms with E-state index >= 15 is 0 Å². The maximum absolute atomic E-state index is 5.50. The number of likely N-dealkylation sites (tertiary alicyclic amines) is 1. The summed E-state index contributed by atoms with van der Waals surface area (Å²) in [5.41, 5.74) is 0.509. The molecule has 1 N–H and O–H groups in total. The number of hydrogen-bond acceptors (Lipinski definition) is 3. The summed E-state index contributed by atoms with van der Waals surface area (Å²) in [6, 6.07) is 1.42. The third-order valence-corrected chi connectivity index (χ3v) is 5.10. The molecule has 0 aromatic heterocycles. The molecular weight excluding hydrogens is 236 g/mol. The van der Waals surface area contributed by atoms with E-state index in [0.29, 0.717) is 17.6 Å². The summed E-state index contributed by atoms with van der Waals surface area (Å²) in [5, 5.41) is 3.72. The van der Waals surface area contributed by atoms with Crippen LogP contribution in [0.15, 0.2) is 0 Å². The molecule has 3 heteroatoms. The fourth-order valence-corrected chi connectivity index (χ4v) is 3.88. The van der Waals surface area contributed by atoms with Crippen LogP contribution in [0, 0.1) is 5.41 Å². The Morgan fingerprint density at radius 3 is 2.47 bits per heavy atom. The maximum Gasteiger partial charge on any atom is 0.0595 e. The Kier molecular flexibility index (Phi) is 5.27. The van der Waals surface area contributed by atoms with Crippen LogP contribution in [0.25, 0.3) is 0 Å². The molecule has 0 amide bonds. The average Bonchev–Trinajstić information content (AvgIpc) is 2.41. The zero-order valence-electron chi connectivity index (χ0n) is 13.2. The van der Waals surface area contributed by atoms with Crippen LogP contribution in [-0.2, 0) is 4.74 Å². The summed E-state index contributed by atoms with van der Waals surface area (Å²) in [5.74, 6) is 0. The van der Waals surface area contributed by atoms with Gasteiger partial charge in [-0.25, -0.2) is 0 Å². The molecule has 0 aromatic carbocycles. The normalized spacial score (nSPS) is 33.5. The van der Waals surface area contributed by atoms with Gasteiger partial charge in [0.15, 0.2) is 0 Å². The molecule has 2 atom stereocenters. The lowest BCUT2D eigenvalue weighted by Crippen LogP contribution is -2.56. The largest absolute Gasteiger partial charge is 0.381 e. The Morgan fingerprint density at radius 2 is 1.89 bits per heavy atom. The zero-order chi connectivity index (χ0) is 13.9. The molecule has 2 rings (SSSR count). The van der Waals surface area contributed by atoms with Gasteiger partial charge in [0.05, 0.1) is 6.10 Å². The highest BCUT2D eigenvalue weighted by Gasteiger charge is 2.38. The predicted octanol–water partition coefficient (Wildman–Crippen LogP) is 2.65. The molecule has 1 heterocycles. The monoisotopic (exact) mass is 268 g/mol. The van der Waals surface area contributed by atoms with Gasteiger partial charge in [-0.2, -0.15) is 0 Å². The molecule has 2 aliphatic rings. The smallest absolute Gasteiger partial charge is 0.0595 e. The lowest BCUT2D eigenvalue weighted by Gasteiger charge is -2.48. The van der Waals surface area contributed by atoms with E-state index in [2.05, 4.69) is 31.0 Å². The van der Waals surface area contributed by atoms with Crippen LogP contribution in [-0.4, -0.2) is 49.8 Å². The number of hydrogen-bond donors (Lipinski definition) is 1. The van der Waals surface area contributed by atoms with Gasteiger partial charge in [-0.1, -0.05) is 20.8 Å². The fraction of sp³-hybridized carbons (Fsp3) is 1.00. The topological polar surface area (TPSA) is 24.5 Å². The number of rotatable bonds is 4. The van der Waals surface area contributed by atoms with Crippen molar-refractivity contribution in [3.63, 3.8) is 0 Å². The van der Waals surface area contributed by atoms with Crippen molar-refractivity contribution >= 4 is 0 Å². The van der Waals surface area contributed by atoms with E-state index in [9.17, 15) is 0 Å². The minimum atomic E-state index is 0.491. The summed E-state index contributed by atoms with van der Waals surface area (Å²) in [6.45, 7) is 10.6. The number of piperidine rings is 1. The van der Waals surface area contributed by atoms with Gasteiger partial charge in [0.2, 0.25) is 0 Å². The van der Waals surface area contributed by atoms with E-state index in [-0.39, 0.29) is 0 Å². The second kappa shape index (κ2) is 6.55. The molecule has 112 valence electrons. The van der Waals surface area contributed by atoms with Gasteiger partial charge in [-0.3, -0.25) is 4.90 Å². The molecule has 2 unspecified atom stereocenters. The molecule has 1 saturated carbocycles. The van der Waals surface area contributed by atoms with Crippen molar-refractivity contribution in [1.29, 1.82) is 0 Å². The van der Waals surface area contributed by atoms with Crippen molar-refractivity contribution in [2.24, 2.45) is 5.41 Å². The van der Waals surface area contributed by atoms with Gasteiger partial charge in [0, 0.05) is 32.3 Å². The maximum atomic E-state index is 5.50. The summed E-state index contributed by atoms with van der Waals surface area (Å²) < 4.78 is 5.50. The number of nitrogens with one attached hydrogen (secondary N) is 1. The highest BCUT2D eigenvalue weighted by molar-refractivity contribution is 4.95. The van der Waals surface area contributed by atoms with E-state index in [1.807, 2.05) is 7.11 Å². The molecule has 0 radical (unpaired) electrons. The molecule has 1 saturated heterocycles. The number of ether oxygens (including phenoxy) is 1. The molecule has 0 bridgehead atoms. The van der Waals surface area contributed by atoms with E-state index < -0.39 is 0 Å². The minimum Gasteiger partial charge on any atom is -0.381 e. The summed E-state index contributed by atoms with van der Waals surface area (Å²) in [6.07, 6.45) is 6.91. The van der Waals surface area contributed by atoms with Crippen molar-refractivity contribution in [1.82, 2.24) is 10.2 Å². The molecule has 2 fully saturated rings. The quantitative estimate of drug-likeness (QED) is 0.848. The van der Waals surface area contributed by atoms with E-state index in [0.717, 1.165) is 12.6 Å². The first-order valence-corrected chi connectivity index (χ1v) is 8.06. The highest BCUT2D eigenvalue weighted by atomic mass is 16.5. The van der Waals surface area contributed by atoms with Crippen molar-refractivity contribution in [3.8, 4) is 0 Å². The summed E-state index contributed by atoms with van der Waals surface area (Å²) >= 11 is 0. The van der Waals surface area contributed by atoms with Gasteiger partial charge in [0.25, 0.3) is 0 Å². The Hall–Kier alpha value is -0.120. The van der Waals surface area contributed by atoms with Gasteiger partial charge in [-0.15, -0.1) is 0 Å². The van der Waals surface area contributed by atoms with Gasteiger partial charge in [0.1, 0.15) is 0 Å². The molecule has 1 aliphatic carbocycles. The van der Waals surface area contributed by atoms with Crippen LogP contribution < -0.4 is 5.32 Å². The molecule has 0 aromatic rings. The van der Waals surface area contributed by atoms with E-state index in [1.54, 1.807) is 0 Å². The van der Waals surface area contributed by atoms with Crippen LogP contribution >= 0.6 is 0 Å². The third-order valence-electron chi connectivity index (χ3n) is 5.10. The minimum absolute atomic E-state index is 0.491. The molecule has 19 heavy (non-hydrogen) atoms. The second-order valence-electron chi connectivity index (χ2n) is 7.11. The zero-order valence-corrected chi connectivity index (χ0v) is 13.2. The first-order valence-electron chi connectivity index (χ1n) is 8.06. The van der Waals surface area contributed by atoms with Gasteiger partial charge >= 0.3 is 0 Å². The first-order chi connectivity index (χ1) is 9.05. The van der Waals surface area contributed by atoms with Crippen molar-refractivity contribution in [3.05, 3.63) is 0 Å². The number of methoxy groups -OCH3 is 1. The summed E-state index contributed by atoms with van der Waals surface area (Å²) in [7, 11) is 1.85. The Bertz CT molecular complexity index is 272. The number of likely N-dealkylation sites (N-methyl/N-ethyl adjacent to an activating group) is 1. The SMILES string of the molecule is CCNC1CCC(C)(C)CC1N1CCC(OC)CC1. The molecule has 3 nitrogen and oxygen atoms in total. The Balaban J connectivity index is 1.97. The van der Waals surface area contributed by atoms with Crippen molar-refractivity contribution in [2.45, 2.75) is 71.1 Å². The average molecular weight is 268 g/mol. The van der Waals surface area contributed by atoms with Crippen LogP contribution in [0.5, 0.6) is 0 Å². The standard InChI is InChI=1S/C16H32N2O/c1-5-17-14-6-9-16(2,3)12-15(14)18-10-7-13(19-4)8-11-18/h13-15,17H,5-12H2,1-4H3. The fourth-order valence-electron chi connectivity index (χ4n) is 3.88. The predicted molar refractivity (Wildman–Crippen MR) is 80.5 cm³/mol. The van der Waals surface area contributed by atoms with Gasteiger partial charge in [-0.05, 0) is 44.1 Å².